The van der Waals surface area contributed by atoms with E-state index in [-0.39, 0.29) is 29.5 Å². The third kappa shape index (κ3) is 5.26. The van der Waals surface area contributed by atoms with Crippen molar-refractivity contribution in [2.45, 2.75) is 32.5 Å². The first-order chi connectivity index (χ1) is 11.0. The monoisotopic (exact) mass is 321 g/mol. The molecule has 2 heterocycles. The second-order valence-electron chi connectivity index (χ2n) is 5.78. The minimum atomic E-state index is -0.668. The lowest BCUT2D eigenvalue weighted by atomic mass is 10.2. The Kier molecular flexibility index (Phi) is 6.00. The number of carbonyl (C=O) groups is 2. The van der Waals surface area contributed by atoms with Crippen LogP contribution in [0, 0.1) is 0 Å². The van der Waals surface area contributed by atoms with Crippen molar-refractivity contribution in [3.05, 3.63) is 23.8 Å². The number of aromatic nitrogens is 2. The molecule has 0 saturated carbocycles. The molecule has 3 N–H and O–H groups in total. The molecule has 0 spiro atoms. The molecule has 2 atom stereocenters. The van der Waals surface area contributed by atoms with Gasteiger partial charge in [-0.25, -0.2) is 9.97 Å². The topological polar surface area (TPSA) is 110 Å². The van der Waals surface area contributed by atoms with Gasteiger partial charge in [-0.05, 0) is 20.3 Å². The summed E-state index contributed by atoms with van der Waals surface area (Å²) in [5.41, 5.74) is 5.28. The van der Waals surface area contributed by atoms with Crippen molar-refractivity contribution in [3.8, 4) is 0 Å². The molecule has 0 aromatic carbocycles. The van der Waals surface area contributed by atoms with E-state index in [1.165, 1.54) is 12.4 Å². The Morgan fingerprint density at radius 3 is 2.43 bits per heavy atom. The average Bonchev–Trinajstić information content (AvgIpc) is 2.50. The van der Waals surface area contributed by atoms with Crippen LogP contribution < -0.4 is 11.1 Å². The number of hydrogen-bond donors (Lipinski definition) is 2. The predicted molar refractivity (Wildman–Crippen MR) is 83.9 cm³/mol. The second kappa shape index (κ2) is 7.98. The molecular weight excluding hydrogens is 298 g/mol. The van der Waals surface area contributed by atoms with Crippen LogP contribution in [0.1, 0.15) is 41.2 Å². The number of primary amides is 1. The Morgan fingerprint density at radius 1 is 1.26 bits per heavy atom. The zero-order chi connectivity index (χ0) is 16.8. The standard InChI is InChI=1S/C15H23N5O3/c1-10-8-20(9-11(2)23-10)5-3-4-17-15(22)13-7-18-12(6-19-13)14(16)21/h6-7,10-11H,3-5,8-9H2,1-2H3,(H2,16,21)(H,17,22)/t10-,11+. The summed E-state index contributed by atoms with van der Waals surface area (Å²) in [4.78, 5) is 32.8. The van der Waals surface area contributed by atoms with E-state index in [0.717, 1.165) is 26.1 Å². The van der Waals surface area contributed by atoms with Gasteiger partial charge in [-0.2, -0.15) is 0 Å². The maximum atomic E-state index is 11.9. The summed E-state index contributed by atoms with van der Waals surface area (Å²) < 4.78 is 5.69. The maximum Gasteiger partial charge on any atom is 0.271 e. The van der Waals surface area contributed by atoms with Crippen LogP contribution in [0.25, 0.3) is 0 Å². The molecule has 1 aromatic heterocycles. The van der Waals surface area contributed by atoms with Gasteiger partial charge in [-0.15, -0.1) is 0 Å². The Labute approximate surface area is 135 Å². The first-order valence-corrected chi connectivity index (χ1v) is 7.73. The zero-order valence-corrected chi connectivity index (χ0v) is 13.5. The molecule has 126 valence electrons. The Hall–Kier alpha value is -2.06. The van der Waals surface area contributed by atoms with E-state index in [9.17, 15) is 9.59 Å². The average molecular weight is 321 g/mol. The van der Waals surface area contributed by atoms with Crippen molar-refractivity contribution in [2.75, 3.05) is 26.2 Å². The van der Waals surface area contributed by atoms with Crippen LogP contribution >= 0.6 is 0 Å². The van der Waals surface area contributed by atoms with Crippen molar-refractivity contribution < 1.29 is 14.3 Å². The van der Waals surface area contributed by atoms with E-state index < -0.39 is 5.91 Å². The number of ether oxygens (including phenoxy) is 1. The first kappa shape index (κ1) is 17.3. The largest absolute Gasteiger partial charge is 0.373 e. The van der Waals surface area contributed by atoms with Crippen molar-refractivity contribution >= 4 is 11.8 Å². The van der Waals surface area contributed by atoms with Gasteiger partial charge in [0.1, 0.15) is 11.4 Å². The smallest absolute Gasteiger partial charge is 0.271 e. The molecule has 1 aliphatic rings. The second-order valence-corrected chi connectivity index (χ2v) is 5.78. The lowest BCUT2D eigenvalue weighted by molar-refractivity contribution is -0.0680. The number of nitrogens with one attached hydrogen (secondary N) is 1. The van der Waals surface area contributed by atoms with Crippen molar-refractivity contribution in [3.63, 3.8) is 0 Å². The van der Waals surface area contributed by atoms with Crippen molar-refractivity contribution in [1.29, 1.82) is 0 Å². The van der Waals surface area contributed by atoms with Gasteiger partial charge in [0, 0.05) is 26.2 Å². The highest BCUT2D eigenvalue weighted by atomic mass is 16.5. The van der Waals surface area contributed by atoms with Crippen LogP contribution in [0.15, 0.2) is 12.4 Å². The predicted octanol–water partition coefficient (Wildman–Crippen LogP) is -0.195. The van der Waals surface area contributed by atoms with Gasteiger partial charge in [0.15, 0.2) is 0 Å². The number of nitrogens with zero attached hydrogens (tertiary/aromatic N) is 3. The summed E-state index contributed by atoms with van der Waals surface area (Å²) in [7, 11) is 0. The van der Waals surface area contributed by atoms with Crippen LogP contribution in [-0.2, 0) is 4.74 Å². The molecule has 0 aliphatic carbocycles. The van der Waals surface area contributed by atoms with E-state index in [1.54, 1.807) is 0 Å². The van der Waals surface area contributed by atoms with Gasteiger partial charge in [-0.3, -0.25) is 14.5 Å². The third-order valence-corrected chi connectivity index (χ3v) is 3.57. The summed E-state index contributed by atoms with van der Waals surface area (Å²) in [6.45, 7) is 7.43. The fourth-order valence-electron chi connectivity index (χ4n) is 2.63. The van der Waals surface area contributed by atoms with Gasteiger partial charge < -0.3 is 15.8 Å². The molecule has 1 aliphatic heterocycles. The molecule has 2 amide bonds. The number of nitrogens with two attached hydrogens (primary N) is 1. The fourth-order valence-corrected chi connectivity index (χ4v) is 2.63. The van der Waals surface area contributed by atoms with Crippen LogP contribution in [0.3, 0.4) is 0 Å². The minimum absolute atomic E-state index is 0.0390. The molecule has 0 radical (unpaired) electrons. The highest BCUT2D eigenvalue weighted by Gasteiger charge is 2.21. The molecule has 1 saturated heterocycles. The van der Waals surface area contributed by atoms with E-state index in [2.05, 4.69) is 34.0 Å². The number of carbonyl (C=O) groups excluding carboxylic acids is 2. The van der Waals surface area contributed by atoms with Gasteiger partial charge in [-0.1, -0.05) is 0 Å². The Balaban J connectivity index is 1.71. The quantitative estimate of drug-likeness (QED) is 0.702. The molecule has 8 heteroatoms. The van der Waals surface area contributed by atoms with E-state index >= 15 is 0 Å². The van der Waals surface area contributed by atoms with Crippen LogP contribution in [0.2, 0.25) is 0 Å². The summed E-state index contributed by atoms with van der Waals surface area (Å²) in [6.07, 6.45) is 3.78. The molecule has 1 fully saturated rings. The van der Waals surface area contributed by atoms with Gasteiger partial charge in [0.05, 0.1) is 24.6 Å². The number of hydrogen-bond acceptors (Lipinski definition) is 6. The van der Waals surface area contributed by atoms with Crippen LogP contribution in [0.4, 0.5) is 0 Å². The molecule has 23 heavy (non-hydrogen) atoms. The number of amides is 2. The van der Waals surface area contributed by atoms with Crippen molar-refractivity contribution in [2.24, 2.45) is 5.73 Å². The molecule has 8 nitrogen and oxygen atoms in total. The van der Waals surface area contributed by atoms with Crippen LogP contribution in [0.5, 0.6) is 0 Å². The Bertz CT molecular complexity index is 539. The molecule has 1 aromatic rings. The van der Waals surface area contributed by atoms with Gasteiger partial charge >= 0.3 is 0 Å². The van der Waals surface area contributed by atoms with E-state index in [0.29, 0.717) is 6.54 Å². The van der Waals surface area contributed by atoms with Gasteiger partial charge in [0.2, 0.25) is 0 Å². The normalized spacial score (nSPS) is 21.8. The third-order valence-electron chi connectivity index (χ3n) is 3.57. The summed E-state index contributed by atoms with van der Waals surface area (Å²) >= 11 is 0. The summed E-state index contributed by atoms with van der Waals surface area (Å²) in [6, 6.07) is 0. The highest BCUT2D eigenvalue weighted by molar-refractivity contribution is 5.93. The van der Waals surface area contributed by atoms with E-state index in [1.807, 2.05) is 0 Å². The SMILES string of the molecule is C[C@@H]1CN(CCCNC(=O)c2cnc(C(N)=O)cn2)C[C@H](C)O1. The van der Waals surface area contributed by atoms with Crippen molar-refractivity contribution in [1.82, 2.24) is 20.2 Å². The highest BCUT2D eigenvalue weighted by Crippen LogP contribution is 2.10. The fraction of sp³-hybridized carbons (Fsp3) is 0.600. The maximum absolute atomic E-state index is 11.9. The minimum Gasteiger partial charge on any atom is -0.373 e. The summed E-state index contributed by atoms with van der Waals surface area (Å²) in [5.74, 6) is -0.976. The first-order valence-electron chi connectivity index (χ1n) is 7.73. The molecule has 0 unspecified atom stereocenters. The molecular formula is C15H23N5O3. The van der Waals surface area contributed by atoms with E-state index in [4.69, 9.17) is 10.5 Å². The summed E-state index contributed by atoms with van der Waals surface area (Å²) in [5, 5.41) is 2.79. The lowest BCUT2D eigenvalue weighted by Gasteiger charge is -2.35. The number of rotatable bonds is 6. The molecule has 2 rings (SSSR count). The van der Waals surface area contributed by atoms with Gasteiger partial charge in [0.25, 0.3) is 11.8 Å². The zero-order valence-electron chi connectivity index (χ0n) is 13.5. The number of morpholine rings is 1. The Morgan fingerprint density at radius 2 is 1.87 bits per heavy atom. The molecule has 0 bridgehead atoms. The van der Waals surface area contributed by atoms with Crippen LogP contribution in [-0.4, -0.2) is 65.1 Å². The lowest BCUT2D eigenvalue weighted by Crippen LogP contribution is -2.46.